The number of nitrogens with one attached hydrogen (secondary N) is 1. The maximum Gasteiger partial charge on any atom is 0.162 e. The number of allylic oxidation sites excluding steroid dienone is 2. The molecule has 178 valence electrons. The molecule has 0 unspecified atom stereocenters. The lowest BCUT2D eigenvalue weighted by molar-refractivity contribution is -0.118. The van der Waals surface area contributed by atoms with E-state index < -0.39 is 5.41 Å². The Balaban J connectivity index is 1.59. The molecule has 35 heavy (non-hydrogen) atoms. The summed E-state index contributed by atoms with van der Waals surface area (Å²) in [6.45, 7) is 6.58. The van der Waals surface area contributed by atoms with Gasteiger partial charge < -0.3 is 5.32 Å². The lowest BCUT2D eigenvalue weighted by Crippen LogP contribution is -2.43. The second-order valence-electron chi connectivity index (χ2n) is 11.1. The molecule has 0 amide bonds. The predicted octanol–water partition coefficient (Wildman–Crippen LogP) is 6.79. The van der Waals surface area contributed by atoms with Crippen LogP contribution in [-0.2, 0) is 23.1 Å². The quantitative estimate of drug-likeness (QED) is 0.465. The number of fused-ring (bicyclic) bond motifs is 2. The molecule has 1 N–H and O–H groups in total. The number of anilines is 1. The van der Waals surface area contributed by atoms with Crippen molar-refractivity contribution in [1.82, 2.24) is 9.97 Å². The molecular formula is C31H33N3O. The van der Waals surface area contributed by atoms with Crippen molar-refractivity contribution in [3.8, 4) is 11.1 Å². The molecule has 4 heteroatoms. The van der Waals surface area contributed by atoms with Gasteiger partial charge in [-0.05, 0) is 84.4 Å². The van der Waals surface area contributed by atoms with E-state index in [9.17, 15) is 4.79 Å². The molecule has 1 aromatic carbocycles. The summed E-state index contributed by atoms with van der Waals surface area (Å²) in [5.74, 6) is 1.14. The van der Waals surface area contributed by atoms with Crippen LogP contribution in [0.3, 0.4) is 0 Å². The Morgan fingerprint density at radius 1 is 0.971 bits per heavy atom. The van der Waals surface area contributed by atoms with Crippen LogP contribution >= 0.6 is 0 Å². The summed E-state index contributed by atoms with van der Waals surface area (Å²) in [5, 5.41) is 3.57. The number of hydrogen-bond donors (Lipinski definition) is 1. The average Bonchev–Trinajstić information content (AvgIpc) is 2.86. The summed E-state index contributed by atoms with van der Waals surface area (Å²) in [7, 11) is 0. The minimum absolute atomic E-state index is 0.0629. The molecule has 0 radical (unpaired) electrons. The number of nitrogens with zero attached hydrogens (tertiary/aromatic N) is 2. The monoisotopic (exact) mass is 463 g/mol. The van der Waals surface area contributed by atoms with Gasteiger partial charge in [-0.25, -0.2) is 4.98 Å². The third-order valence-corrected chi connectivity index (χ3v) is 8.27. The van der Waals surface area contributed by atoms with Crippen molar-refractivity contribution >= 4 is 11.6 Å². The maximum absolute atomic E-state index is 13.8. The second-order valence-corrected chi connectivity index (χ2v) is 11.1. The summed E-state index contributed by atoms with van der Waals surface area (Å²) in [4.78, 5) is 23.2. The molecule has 2 aromatic heterocycles. The van der Waals surface area contributed by atoms with Gasteiger partial charge in [-0.15, -0.1) is 0 Å². The van der Waals surface area contributed by atoms with Crippen LogP contribution in [0, 0.1) is 5.41 Å². The molecule has 3 aliphatic rings. The highest BCUT2D eigenvalue weighted by atomic mass is 16.1. The van der Waals surface area contributed by atoms with Crippen molar-refractivity contribution in [1.29, 1.82) is 0 Å². The lowest BCUT2D eigenvalue weighted by atomic mass is 9.59. The van der Waals surface area contributed by atoms with Gasteiger partial charge in [0.2, 0.25) is 0 Å². The number of ketones is 1. The lowest BCUT2D eigenvalue weighted by Gasteiger charge is -2.46. The first kappa shape index (κ1) is 22.2. The summed E-state index contributed by atoms with van der Waals surface area (Å²) in [5.41, 5.74) is 8.82. The first-order chi connectivity index (χ1) is 16.9. The van der Waals surface area contributed by atoms with Gasteiger partial charge in [0.1, 0.15) is 5.82 Å². The van der Waals surface area contributed by atoms with E-state index in [1.165, 1.54) is 40.8 Å². The minimum Gasteiger partial charge on any atom is -0.343 e. The van der Waals surface area contributed by atoms with Crippen molar-refractivity contribution in [3.63, 3.8) is 0 Å². The molecule has 0 fully saturated rings. The van der Waals surface area contributed by atoms with Crippen LogP contribution in [-0.4, -0.2) is 15.8 Å². The van der Waals surface area contributed by atoms with Gasteiger partial charge in [-0.3, -0.25) is 9.78 Å². The zero-order valence-corrected chi connectivity index (χ0v) is 20.9. The van der Waals surface area contributed by atoms with Crippen molar-refractivity contribution in [2.45, 2.75) is 71.1 Å². The highest BCUT2D eigenvalue weighted by molar-refractivity contribution is 6.03. The normalized spacial score (nSPS) is 22.7. The summed E-state index contributed by atoms with van der Waals surface area (Å²) < 4.78 is 0. The van der Waals surface area contributed by atoms with Gasteiger partial charge in [-0.1, -0.05) is 45.0 Å². The largest absolute Gasteiger partial charge is 0.343 e. The number of aryl methyl sites for hydroxylation is 1. The van der Waals surface area contributed by atoms with Crippen molar-refractivity contribution in [2.75, 3.05) is 5.32 Å². The molecule has 3 heterocycles. The van der Waals surface area contributed by atoms with E-state index in [1.54, 1.807) is 0 Å². The van der Waals surface area contributed by atoms with Gasteiger partial charge in [0.25, 0.3) is 0 Å². The number of aromatic nitrogens is 2. The number of pyridine rings is 2. The minimum atomic E-state index is -0.513. The van der Waals surface area contributed by atoms with E-state index in [4.69, 9.17) is 4.98 Å². The molecule has 3 aromatic rings. The predicted molar refractivity (Wildman–Crippen MR) is 140 cm³/mol. The van der Waals surface area contributed by atoms with E-state index in [0.29, 0.717) is 6.42 Å². The SMILES string of the molecule is CC[C@]1(c2cccc(-c3ccnc4c3CCCC4)c2)C2=C(CC(C)(C)CC2=O)Nc2ncccc21. The summed E-state index contributed by atoms with van der Waals surface area (Å²) in [6.07, 6.45) is 10.6. The number of carbonyl (C=O) groups excluding carboxylic acids is 1. The number of hydrogen-bond acceptors (Lipinski definition) is 4. The fourth-order valence-corrected chi connectivity index (χ4v) is 6.77. The maximum atomic E-state index is 13.8. The molecule has 2 aliphatic carbocycles. The van der Waals surface area contributed by atoms with Crippen LogP contribution in [0.2, 0.25) is 0 Å². The van der Waals surface area contributed by atoms with Gasteiger partial charge >= 0.3 is 0 Å². The highest BCUT2D eigenvalue weighted by Crippen LogP contribution is 2.54. The van der Waals surface area contributed by atoms with E-state index >= 15 is 0 Å². The Bertz CT molecular complexity index is 1370. The van der Waals surface area contributed by atoms with Crippen LogP contribution in [0.4, 0.5) is 5.82 Å². The van der Waals surface area contributed by atoms with Crippen LogP contribution in [0.25, 0.3) is 11.1 Å². The van der Waals surface area contributed by atoms with Crippen molar-refractivity contribution < 1.29 is 4.79 Å². The fraction of sp³-hybridized carbons (Fsp3) is 0.387. The van der Waals surface area contributed by atoms with Crippen molar-refractivity contribution in [3.05, 3.63) is 88.5 Å². The molecule has 0 saturated carbocycles. The number of rotatable bonds is 3. The fourth-order valence-electron chi connectivity index (χ4n) is 6.77. The van der Waals surface area contributed by atoms with Gasteiger partial charge in [0, 0.05) is 41.3 Å². The van der Waals surface area contributed by atoms with Crippen LogP contribution < -0.4 is 5.32 Å². The zero-order chi connectivity index (χ0) is 24.2. The first-order valence-electron chi connectivity index (χ1n) is 13.0. The van der Waals surface area contributed by atoms with Gasteiger partial charge in [-0.2, -0.15) is 0 Å². The number of carbonyl (C=O) groups is 1. The Hall–Kier alpha value is -3.27. The Labute approximate surface area is 207 Å². The molecule has 1 atom stereocenters. The standard InChI is InChI=1S/C31H33N3O/c1-4-31(21-10-7-9-20(17-21)22-14-16-32-25-13-6-5-11-23(22)25)24-12-8-15-33-29(24)34-26-18-30(2,3)19-27(35)28(26)31/h7-10,12,14-17H,4-6,11,13,18-19H2,1-3H3,(H,33,34)/t31-/m1/s1. The molecule has 6 rings (SSSR count). The second kappa shape index (κ2) is 8.15. The molecular weight excluding hydrogens is 430 g/mol. The smallest absolute Gasteiger partial charge is 0.162 e. The molecule has 0 spiro atoms. The van der Waals surface area contributed by atoms with E-state index in [0.717, 1.165) is 48.3 Å². The van der Waals surface area contributed by atoms with E-state index in [1.807, 2.05) is 18.5 Å². The Kier molecular flexibility index (Phi) is 5.17. The molecule has 0 saturated heterocycles. The topological polar surface area (TPSA) is 54.9 Å². The van der Waals surface area contributed by atoms with Crippen LogP contribution in [0.15, 0.2) is 66.1 Å². The summed E-state index contributed by atoms with van der Waals surface area (Å²) in [6, 6.07) is 15.2. The molecule has 1 aliphatic heterocycles. The Morgan fingerprint density at radius 3 is 2.69 bits per heavy atom. The third kappa shape index (κ3) is 3.45. The van der Waals surface area contributed by atoms with Crippen LogP contribution in [0.1, 0.15) is 75.3 Å². The first-order valence-corrected chi connectivity index (χ1v) is 13.0. The van der Waals surface area contributed by atoms with E-state index in [-0.39, 0.29) is 11.2 Å². The zero-order valence-electron chi connectivity index (χ0n) is 20.9. The summed E-state index contributed by atoms with van der Waals surface area (Å²) >= 11 is 0. The van der Waals surface area contributed by atoms with E-state index in [2.05, 4.69) is 67.5 Å². The Morgan fingerprint density at radius 2 is 1.83 bits per heavy atom. The highest BCUT2D eigenvalue weighted by Gasteiger charge is 2.49. The van der Waals surface area contributed by atoms with Gasteiger partial charge in [0.15, 0.2) is 5.78 Å². The molecule has 0 bridgehead atoms. The third-order valence-electron chi connectivity index (χ3n) is 8.27. The van der Waals surface area contributed by atoms with Gasteiger partial charge in [0.05, 0.1) is 5.41 Å². The van der Waals surface area contributed by atoms with Crippen LogP contribution in [0.5, 0.6) is 0 Å². The number of benzene rings is 1. The average molecular weight is 464 g/mol. The van der Waals surface area contributed by atoms with Crippen molar-refractivity contribution in [2.24, 2.45) is 5.41 Å². The molecule has 4 nitrogen and oxygen atoms in total. The number of Topliss-reactive ketones (excluding diaryl/α,β-unsaturated/α-hetero) is 1.